The Labute approximate surface area is 225 Å². The first-order valence-electron chi connectivity index (χ1n) is 13.2. The molecule has 0 radical (unpaired) electrons. The number of hydrogen-bond donors (Lipinski definition) is 0. The summed E-state index contributed by atoms with van der Waals surface area (Å²) in [5.74, 6) is -3.29. The third kappa shape index (κ3) is 5.36. The van der Waals surface area contributed by atoms with E-state index < -0.39 is 41.3 Å². The number of allylic oxidation sites excluding steroid dienone is 3. The van der Waals surface area contributed by atoms with Gasteiger partial charge in [0.2, 0.25) is 5.95 Å². The van der Waals surface area contributed by atoms with Crippen LogP contribution in [0.15, 0.2) is 35.1 Å². The zero-order chi connectivity index (χ0) is 27.8. The van der Waals surface area contributed by atoms with Crippen molar-refractivity contribution in [2.24, 2.45) is 16.9 Å². The second-order valence-corrected chi connectivity index (χ2v) is 10.7. The molecule has 0 saturated carbocycles. The van der Waals surface area contributed by atoms with Gasteiger partial charge >= 0.3 is 6.03 Å². The van der Waals surface area contributed by atoms with Crippen molar-refractivity contribution in [1.29, 1.82) is 0 Å². The van der Waals surface area contributed by atoms with Crippen LogP contribution >= 0.6 is 0 Å². The van der Waals surface area contributed by atoms with Crippen molar-refractivity contribution in [3.8, 4) is 0 Å². The Morgan fingerprint density at radius 1 is 1.05 bits per heavy atom. The van der Waals surface area contributed by atoms with E-state index in [2.05, 4.69) is 15.1 Å². The molecular weight excluding hydrogens is 513 g/mol. The van der Waals surface area contributed by atoms with E-state index in [-0.39, 0.29) is 23.7 Å². The minimum Gasteiger partial charge on any atom is -0.337 e. The molecule has 5 rings (SSSR count). The molecule has 13 heteroatoms. The van der Waals surface area contributed by atoms with Gasteiger partial charge in [-0.25, -0.2) is 32.9 Å². The number of likely N-dealkylation sites (tertiary alicyclic amines) is 1. The first kappa shape index (κ1) is 27.1. The number of amides is 3. The summed E-state index contributed by atoms with van der Waals surface area (Å²) >= 11 is 0. The van der Waals surface area contributed by atoms with Crippen molar-refractivity contribution in [1.82, 2.24) is 29.7 Å². The highest BCUT2D eigenvalue weighted by molar-refractivity contribution is 5.93. The lowest BCUT2D eigenvalue weighted by Gasteiger charge is -2.39. The second-order valence-electron chi connectivity index (χ2n) is 10.7. The van der Waals surface area contributed by atoms with Crippen molar-refractivity contribution in [3.05, 3.63) is 41.5 Å². The van der Waals surface area contributed by atoms with Crippen molar-refractivity contribution in [2.45, 2.75) is 31.8 Å². The van der Waals surface area contributed by atoms with E-state index in [1.54, 1.807) is 27.8 Å². The third-order valence-corrected chi connectivity index (χ3v) is 8.10. The first-order chi connectivity index (χ1) is 18.6. The number of anilines is 1. The Bertz CT molecular complexity index is 1210. The molecule has 1 aromatic rings. The summed E-state index contributed by atoms with van der Waals surface area (Å²) in [5, 5.41) is 5.54. The molecular formula is C26H33F3N8O2. The van der Waals surface area contributed by atoms with Crippen LogP contribution in [0.2, 0.25) is 0 Å². The van der Waals surface area contributed by atoms with Crippen LogP contribution < -0.4 is 4.90 Å². The molecule has 2 fully saturated rings. The van der Waals surface area contributed by atoms with Gasteiger partial charge in [-0.2, -0.15) is 5.10 Å². The standard InChI is InChI=1S/C26H33F3N8O2/c1-16-19(12-17(27)13-20(16)28)22-4-6-31-37(22)26(39)35-10-8-34(9-11-35)25-30-14-21(29)23(32-25)24(38)36-7-5-18(15-36)33(2)3/h6,12-14,16,18-19,22H,4-5,7-11,15H2,1-3H3/t16?,18-,19?,22-/m0/s1. The minimum absolute atomic E-state index is 0.218. The summed E-state index contributed by atoms with van der Waals surface area (Å²) in [5.41, 5.74) is -0.254. The van der Waals surface area contributed by atoms with Gasteiger partial charge in [-0.1, -0.05) is 6.92 Å². The number of hydrazone groups is 1. The van der Waals surface area contributed by atoms with Crippen LogP contribution in [0.5, 0.6) is 0 Å². The van der Waals surface area contributed by atoms with E-state index in [1.165, 1.54) is 11.1 Å². The predicted octanol–water partition coefficient (Wildman–Crippen LogP) is 2.67. The van der Waals surface area contributed by atoms with Crippen LogP contribution in [-0.2, 0) is 0 Å². The lowest BCUT2D eigenvalue weighted by molar-refractivity contribution is 0.0772. The first-order valence-corrected chi connectivity index (χ1v) is 13.2. The number of aromatic nitrogens is 2. The van der Waals surface area contributed by atoms with Gasteiger partial charge in [0.15, 0.2) is 11.5 Å². The summed E-state index contributed by atoms with van der Waals surface area (Å²) in [6.45, 7) is 4.08. The minimum atomic E-state index is -0.766. The van der Waals surface area contributed by atoms with Gasteiger partial charge in [-0.3, -0.25) is 4.79 Å². The Morgan fingerprint density at radius 2 is 1.79 bits per heavy atom. The van der Waals surface area contributed by atoms with Crippen LogP contribution in [0.3, 0.4) is 0 Å². The molecule has 2 saturated heterocycles. The molecule has 2 unspecified atom stereocenters. The molecule has 10 nitrogen and oxygen atoms in total. The van der Waals surface area contributed by atoms with Crippen molar-refractivity contribution in [2.75, 3.05) is 58.3 Å². The Kier molecular flexibility index (Phi) is 7.61. The third-order valence-electron chi connectivity index (χ3n) is 8.10. The number of nitrogens with zero attached hydrogens (tertiary/aromatic N) is 8. The molecule has 1 aliphatic carbocycles. The Hall–Kier alpha value is -3.48. The number of piperazine rings is 1. The second kappa shape index (κ2) is 10.9. The maximum atomic E-state index is 14.6. The number of likely N-dealkylation sites (N-methyl/N-ethyl adjacent to an activating group) is 1. The van der Waals surface area contributed by atoms with Crippen molar-refractivity contribution in [3.63, 3.8) is 0 Å². The average Bonchev–Trinajstić information content (AvgIpc) is 3.61. The number of hydrogen-bond acceptors (Lipinski definition) is 7. The van der Waals surface area contributed by atoms with Gasteiger partial charge in [0, 0.05) is 75.9 Å². The monoisotopic (exact) mass is 546 g/mol. The molecule has 0 spiro atoms. The molecule has 39 heavy (non-hydrogen) atoms. The maximum absolute atomic E-state index is 14.6. The van der Waals surface area contributed by atoms with E-state index in [0.29, 0.717) is 45.7 Å². The SMILES string of the molecule is CC1C(F)=CC(F)=CC1[C@@H]1CC=NN1C(=O)N1CCN(c2ncc(F)c(C(=O)N3CC[C@H](N(C)C)C3)n2)CC1. The van der Waals surface area contributed by atoms with Crippen LogP contribution in [-0.4, -0.2) is 113 Å². The van der Waals surface area contributed by atoms with E-state index in [1.807, 2.05) is 19.0 Å². The highest BCUT2D eigenvalue weighted by Gasteiger charge is 2.40. The fraction of sp³-hybridized carbons (Fsp3) is 0.577. The van der Waals surface area contributed by atoms with E-state index in [4.69, 9.17) is 0 Å². The Balaban J connectivity index is 1.22. The summed E-state index contributed by atoms with van der Waals surface area (Å²) in [4.78, 5) is 41.8. The number of carbonyl (C=O) groups is 2. The number of carbonyl (C=O) groups excluding carboxylic acids is 2. The zero-order valence-electron chi connectivity index (χ0n) is 22.3. The molecule has 1 aromatic heterocycles. The van der Waals surface area contributed by atoms with E-state index in [0.717, 1.165) is 18.7 Å². The molecule has 0 N–H and O–H groups in total. The van der Waals surface area contributed by atoms with Gasteiger partial charge in [0.25, 0.3) is 5.91 Å². The van der Waals surface area contributed by atoms with Crippen LogP contribution in [0.1, 0.15) is 30.3 Å². The lowest BCUT2D eigenvalue weighted by Crippen LogP contribution is -2.54. The molecule has 4 atom stereocenters. The van der Waals surface area contributed by atoms with Crippen LogP contribution in [0, 0.1) is 17.7 Å². The average molecular weight is 547 g/mol. The quantitative estimate of drug-likeness (QED) is 0.577. The normalized spacial score (nSPS) is 27.4. The summed E-state index contributed by atoms with van der Waals surface area (Å²) < 4.78 is 42.8. The maximum Gasteiger partial charge on any atom is 0.340 e. The number of rotatable bonds is 4. The molecule has 0 aromatic carbocycles. The zero-order valence-corrected chi connectivity index (χ0v) is 22.3. The van der Waals surface area contributed by atoms with E-state index in [9.17, 15) is 22.8 Å². The number of halogens is 3. The molecule has 4 aliphatic rings. The van der Waals surface area contributed by atoms with Gasteiger partial charge in [0.05, 0.1) is 12.2 Å². The van der Waals surface area contributed by atoms with Gasteiger partial charge < -0.3 is 19.6 Å². The fourth-order valence-electron chi connectivity index (χ4n) is 5.61. The van der Waals surface area contributed by atoms with Gasteiger partial charge in [-0.05, 0) is 26.6 Å². The summed E-state index contributed by atoms with van der Waals surface area (Å²) in [7, 11) is 3.90. The van der Waals surface area contributed by atoms with Crippen molar-refractivity contribution < 1.29 is 22.8 Å². The molecule has 3 amide bonds. The fourth-order valence-corrected chi connectivity index (χ4v) is 5.61. The molecule has 3 aliphatic heterocycles. The highest BCUT2D eigenvalue weighted by atomic mass is 19.1. The summed E-state index contributed by atoms with van der Waals surface area (Å²) in [6.07, 6.45) is 6.07. The van der Waals surface area contributed by atoms with Gasteiger partial charge in [-0.15, -0.1) is 0 Å². The molecule has 0 bridgehead atoms. The Morgan fingerprint density at radius 3 is 2.49 bits per heavy atom. The van der Waals surface area contributed by atoms with Crippen LogP contribution in [0.4, 0.5) is 23.9 Å². The largest absolute Gasteiger partial charge is 0.340 e. The smallest absolute Gasteiger partial charge is 0.337 e. The number of urea groups is 1. The van der Waals surface area contributed by atoms with Crippen molar-refractivity contribution >= 4 is 24.1 Å². The molecule has 210 valence electrons. The summed E-state index contributed by atoms with van der Waals surface area (Å²) in [6, 6.07) is -0.609. The highest BCUT2D eigenvalue weighted by Crippen LogP contribution is 2.37. The van der Waals surface area contributed by atoms with E-state index >= 15 is 0 Å². The predicted molar refractivity (Wildman–Crippen MR) is 139 cm³/mol. The molecule has 4 heterocycles. The topological polar surface area (TPSA) is 88.5 Å². The lowest BCUT2D eigenvalue weighted by atomic mass is 9.82. The van der Waals surface area contributed by atoms with Crippen LogP contribution in [0.25, 0.3) is 0 Å². The van der Waals surface area contributed by atoms with Gasteiger partial charge in [0.1, 0.15) is 11.7 Å².